The monoisotopic (exact) mass is 426 g/mol. The highest BCUT2D eigenvalue weighted by atomic mass is 32.2. The minimum Gasteiger partial charge on any atom is -0.497 e. The van der Waals surface area contributed by atoms with Gasteiger partial charge in [0.15, 0.2) is 11.0 Å². The van der Waals surface area contributed by atoms with E-state index in [1.165, 1.54) is 17.8 Å². The van der Waals surface area contributed by atoms with Crippen LogP contribution in [0.3, 0.4) is 0 Å². The highest BCUT2D eigenvalue weighted by molar-refractivity contribution is 7.99. The van der Waals surface area contributed by atoms with E-state index in [9.17, 15) is 9.18 Å². The molecular weight excluding hydrogens is 403 g/mol. The van der Waals surface area contributed by atoms with Crippen molar-refractivity contribution in [1.29, 1.82) is 0 Å². The fourth-order valence-corrected chi connectivity index (χ4v) is 4.53. The highest BCUT2D eigenvalue weighted by Crippen LogP contribution is 2.37. The van der Waals surface area contributed by atoms with Crippen LogP contribution in [0.15, 0.2) is 53.7 Å². The van der Waals surface area contributed by atoms with Gasteiger partial charge in [-0.1, -0.05) is 42.8 Å². The third kappa shape index (κ3) is 4.48. The molecule has 0 atom stereocenters. The molecule has 1 saturated carbocycles. The number of nitrogens with zero attached hydrogens (tertiary/aromatic N) is 3. The molecule has 0 radical (unpaired) electrons. The number of thioether (sulfide) groups is 1. The summed E-state index contributed by atoms with van der Waals surface area (Å²) in [5.74, 6) is 0.907. The number of rotatable bonds is 7. The van der Waals surface area contributed by atoms with Crippen molar-refractivity contribution in [1.82, 2.24) is 14.8 Å². The SMILES string of the molecule is COc1cccc(NC(=O)CSc2nnc(-c3ccccc3F)n2C2CCCC2)c1. The third-order valence-electron chi connectivity index (χ3n) is 5.15. The third-order valence-corrected chi connectivity index (χ3v) is 6.10. The number of carbonyl (C=O) groups is 1. The van der Waals surface area contributed by atoms with E-state index in [1.807, 2.05) is 22.8 Å². The molecule has 30 heavy (non-hydrogen) atoms. The molecule has 0 aliphatic heterocycles. The summed E-state index contributed by atoms with van der Waals surface area (Å²) in [6.45, 7) is 0. The Kier molecular flexibility index (Phi) is 6.32. The second-order valence-corrected chi connectivity index (χ2v) is 8.11. The molecule has 1 fully saturated rings. The summed E-state index contributed by atoms with van der Waals surface area (Å²) in [5.41, 5.74) is 1.11. The first-order valence-electron chi connectivity index (χ1n) is 9.92. The number of ether oxygens (including phenoxy) is 1. The molecule has 1 amide bonds. The van der Waals surface area contributed by atoms with Crippen molar-refractivity contribution in [3.8, 4) is 17.1 Å². The molecule has 4 rings (SSSR count). The first kappa shape index (κ1) is 20.4. The maximum Gasteiger partial charge on any atom is 0.234 e. The molecule has 1 aliphatic rings. The van der Waals surface area contributed by atoms with E-state index in [4.69, 9.17) is 4.74 Å². The van der Waals surface area contributed by atoms with Gasteiger partial charge in [-0.2, -0.15) is 0 Å². The Morgan fingerprint density at radius 1 is 1.20 bits per heavy atom. The van der Waals surface area contributed by atoms with Crippen LogP contribution in [-0.4, -0.2) is 33.5 Å². The normalized spacial score (nSPS) is 14.1. The first-order chi connectivity index (χ1) is 14.7. The molecule has 156 valence electrons. The van der Waals surface area contributed by atoms with Crippen LogP contribution in [0.1, 0.15) is 31.7 Å². The predicted molar refractivity (Wildman–Crippen MR) is 115 cm³/mol. The van der Waals surface area contributed by atoms with Crippen molar-refractivity contribution in [2.45, 2.75) is 36.9 Å². The van der Waals surface area contributed by atoms with Gasteiger partial charge in [0.1, 0.15) is 11.6 Å². The molecular formula is C22H23FN4O2S. The maximum atomic E-state index is 14.4. The van der Waals surface area contributed by atoms with E-state index in [0.717, 1.165) is 25.7 Å². The van der Waals surface area contributed by atoms with Gasteiger partial charge in [0.05, 0.1) is 18.4 Å². The number of hydrogen-bond acceptors (Lipinski definition) is 5. The number of halogens is 1. The van der Waals surface area contributed by atoms with Crippen LogP contribution in [0, 0.1) is 5.82 Å². The largest absolute Gasteiger partial charge is 0.497 e. The second kappa shape index (κ2) is 9.30. The summed E-state index contributed by atoms with van der Waals surface area (Å²) >= 11 is 1.32. The van der Waals surface area contributed by atoms with Crippen molar-refractivity contribution in [3.05, 3.63) is 54.3 Å². The summed E-state index contributed by atoms with van der Waals surface area (Å²) in [6, 6.07) is 14.0. The minimum atomic E-state index is -0.323. The van der Waals surface area contributed by atoms with Crippen molar-refractivity contribution in [3.63, 3.8) is 0 Å². The number of carbonyl (C=O) groups excluding carboxylic acids is 1. The van der Waals surface area contributed by atoms with Crippen LogP contribution < -0.4 is 10.1 Å². The molecule has 3 aromatic rings. The molecule has 8 heteroatoms. The van der Waals surface area contributed by atoms with Gasteiger partial charge < -0.3 is 10.1 Å². The Balaban J connectivity index is 1.52. The quantitative estimate of drug-likeness (QED) is 0.542. The van der Waals surface area contributed by atoms with Gasteiger partial charge >= 0.3 is 0 Å². The number of anilines is 1. The standard InChI is InChI=1S/C22H23FN4O2S/c1-29-17-10-6-7-15(13-17)24-20(28)14-30-22-26-25-21(18-11-4-5-12-19(18)23)27(22)16-8-2-3-9-16/h4-7,10-13,16H,2-3,8-9,14H2,1H3,(H,24,28). The van der Waals surface area contributed by atoms with Crippen LogP contribution in [0.4, 0.5) is 10.1 Å². The molecule has 1 aliphatic carbocycles. The van der Waals surface area contributed by atoms with E-state index in [2.05, 4.69) is 15.5 Å². The average Bonchev–Trinajstić information content (AvgIpc) is 3.42. The fraction of sp³-hybridized carbons (Fsp3) is 0.318. The van der Waals surface area contributed by atoms with E-state index in [1.54, 1.807) is 31.4 Å². The van der Waals surface area contributed by atoms with Gasteiger partial charge in [0.25, 0.3) is 0 Å². The summed E-state index contributed by atoms with van der Waals surface area (Å²) < 4.78 is 21.6. The van der Waals surface area contributed by atoms with E-state index in [-0.39, 0.29) is 23.5 Å². The van der Waals surface area contributed by atoms with E-state index >= 15 is 0 Å². The molecule has 1 heterocycles. The summed E-state index contributed by atoms with van der Waals surface area (Å²) in [6.07, 6.45) is 4.26. The number of amides is 1. The Labute approximate surface area is 178 Å². The van der Waals surface area contributed by atoms with Crippen molar-refractivity contribution in [2.24, 2.45) is 0 Å². The fourth-order valence-electron chi connectivity index (χ4n) is 3.72. The number of nitrogens with one attached hydrogen (secondary N) is 1. The van der Waals surface area contributed by atoms with Gasteiger partial charge in [0.2, 0.25) is 5.91 Å². The zero-order valence-electron chi connectivity index (χ0n) is 16.7. The molecule has 0 spiro atoms. The van der Waals surface area contributed by atoms with Crippen LogP contribution in [0.25, 0.3) is 11.4 Å². The molecule has 6 nitrogen and oxygen atoms in total. The lowest BCUT2D eigenvalue weighted by Gasteiger charge is -2.17. The van der Waals surface area contributed by atoms with E-state index < -0.39 is 0 Å². The Hall–Kier alpha value is -2.87. The lowest BCUT2D eigenvalue weighted by molar-refractivity contribution is -0.113. The highest BCUT2D eigenvalue weighted by Gasteiger charge is 2.26. The number of methoxy groups -OCH3 is 1. The lowest BCUT2D eigenvalue weighted by atomic mass is 10.1. The summed E-state index contributed by atoms with van der Waals surface area (Å²) in [5, 5.41) is 12.1. The Morgan fingerprint density at radius 3 is 2.77 bits per heavy atom. The van der Waals surface area contributed by atoms with Gasteiger partial charge in [-0.05, 0) is 37.1 Å². The predicted octanol–water partition coefficient (Wildman–Crippen LogP) is 4.94. The molecule has 2 aromatic carbocycles. The first-order valence-corrected chi connectivity index (χ1v) is 10.9. The van der Waals surface area contributed by atoms with Gasteiger partial charge in [-0.15, -0.1) is 10.2 Å². The molecule has 0 unspecified atom stereocenters. The average molecular weight is 427 g/mol. The zero-order chi connectivity index (χ0) is 20.9. The minimum absolute atomic E-state index is 0.151. The number of benzene rings is 2. The number of hydrogen-bond donors (Lipinski definition) is 1. The summed E-state index contributed by atoms with van der Waals surface area (Å²) in [4.78, 5) is 12.5. The van der Waals surface area contributed by atoms with Crippen LogP contribution in [0.2, 0.25) is 0 Å². The van der Waals surface area contributed by atoms with Gasteiger partial charge in [0, 0.05) is 17.8 Å². The number of aromatic nitrogens is 3. The Bertz CT molecular complexity index is 1030. The van der Waals surface area contributed by atoms with Crippen molar-refractivity contribution >= 4 is 23.4 Å². The molecule has 1 N–H and O–H groups in total. The van der Waals surface area contributed by atoms with Gasteiger partial charge in [-0.25, -0.2) is 4.39 Å². The smallest absolute Gasteiger partial charge is 0.234 e. The molecule has 0 saturated heterocycles. The topological polar surface area (TPSA) is 69.0 Å². The lowest BCUT2D eigenvalue weighted by Crippen LogP contribution is -2.15. The maximum absolute atomic E-state index is 14.4. The van der Waals surface area contributed by atoms with E-state index in [0.29, 0.717) is 28.0 Å². The van der Waals surface area contributed by atoms with Crippen LogP contribution in [0.5, 0.6) is 5.75 Å². The van der Waals surface area contributed by atoms with Crippen molar-refractivity contribution < 1.29 is 13.9 Å². The van der Waals surface area contributed by atoms with Gasteiger partial charge in [-0.3, -0.25) is 9.36 Å². The zero-order valence-corrected chi connectivity index (χ0v) is 17.5. The van der Waals surface area contributed by atoms with Crippen molar-refractivity contribution in [2.75, 3.05) is 18.2 Å². The molecule has 1 aromatic heterocycles. The van der Waals surface area contributed by atoms with Crippen LogP contribution >= 0.6 is 11.8 Å². The molecule has 0 bridgehead atoms. The van der Waals surface area contributed by atoms with Crippen LogP contribution in [-0.2, 0) is 4.79 Å². The summed E-state index contributed by atoms with van der Waals surface area (Å²) in [7, 11) is 1.58. The Morgan fingerprint density at radius 2 is 2.00 bits per heavy atom. The second-order valence-electron chi connectivity index (χ2n) is 7.16.